The van der Waals surface area contributed by atoms with Crippen molar-refractivity contribution in [3.63, 3.8) is 0 Å². The molecule has 0 saturated carbocycles. The first-order valence-corrected chi connectivity index (χ1v) is 10.4. The number of hydrogen-bond donors (Lipinski definition) is 0. The van der Waals surface area contributed by atoms with Crippen LogP contribution >= 0.6 is 21.6 Å². The van der Waals surface area contributed by atoms with Crippen LogP contribution in [-0.2, 0) is 19.2 Å². The first kappa shape index (κ1) is 21.4. The minimum Gasteiger partial charge on any atom is -0.330 e. The number of nitrogens with zero attached hydrogens (tertiary/aromatic N) is 1. The molecule has 0 atom stereocenters. The Kier molecular flexibility index (Phi) is 6.84. The van der Waals surface area contributed by atoms with Crippen molar-refractivity contribution in [2.45, 2.75) is 83.6 Å². The van der Waals surface area contributed by atoms with E-state index < -0.39 is 23.2 Å². The third kappa shape index (κ3) is 5.99. The van der Waals surface area contributed by atoms with E-state index in [1.54, 1.807) is 24.6 Å². The number of hydrogen-bond acceptors (Lipinski definition) is 6. The first-order chi connectivity index (χ1) is 10.8. The third-order valence-corrected chi connectivity index (χ3v) is 8.32. The van der Waals surface area contributed by atoms with Gasteiger partial charge in [-0.2, -0.15) is 0 Å². The van der Waals surface area contributed by atoms with Crippen LogP contribution in [0.1, 0.15) is 74.1 Å². The summed E-state index contributed by atoms with van der Waals surface area (Å²) < 4.78 is 0.0135. The maximum Gasteiger partial charge on any atom is 0.338 e. The SMILES string of the molecule is CCC(C)(C)SSC(C)(C)CC(C)(C)C(=O)ON1C(=O)CCC1=O. The predicted octanol–water partition coefficient (Wildman–Crippen LogP) is 4.36. The Morgan fingerprint density at radius 1 is 1.00 bits per heavy atom. The molecule has 0 spiro atoms. The third-order valence-electron chi connectivity index (χ3n) is 3.94. The summed E-state index contributed by atoms with van der Waals surface area (Å²) in [6.45, 7) is 14.3. The Labute approximate surface area is 153 Å². The molecular formula is C17H29NO4S2. The zero-order chi connectivity index (χ0) is 18.8. The molecule has 0 N–H and O–H groups in total. The summed E-state index contributed by atoms with van der Waals surface area (Å²) in [4.78, 5) is 40.8. The largest absolute Gasteiger partial charge is 0.338 e. The van der Waals surface area contributed by atoms with Crippen molar-refractivity contribution in [3.8, 4) is 0 Å². The Balaban J connectivity index is 2.67. The fourth-order valence-electron chi connectivity index (χ4n) is 2.31. The summed E-state index contributed by atoms with van der Waals surface area (Å²) in [6, 6.07) is 0. The van der Waals surface area contributed by atoms with Gasteiger partial charge in [0.2, 0.25) is 0 Å². The molecule has 138 valence electrons. The molecule has 0 aromatic rings. The molecule has 1 aliphatic heterocycles. The van der Waals surface area contributed by atoms with Gasteiger partial charge in [-0.25, -0.2) is 4.79 Å². The van der Waals surface area contributed by atoms with Crippen molar-refractivity contribution >= 4 is 39.4 Å². The topological polar surface area (TPSA) is 63.7 Å². The van der Waals surface area contributed by atoms with Crippen LogP contribution in [0, 0.1) is 5.41 Å². The van der Waals surface area contributed by atoms with Crippen LogP contribution < -0.4 is 0 Å². The molecule has 0 aromatic carbocycles. The number of carbonyl (C=O) groups excluding carboxylic acids is 3. The van der Waals surface area contributed by atoms with E-state index in [4.69, 9.17) is 4.84 Å². The number of carbonyl (C=O) groups is 3. The van der Waals surface area contributed by atoms with Gasteiger partial charge in [-0.05, 0) is 54.4 Å². The van der Waals surface area contributed by atoms with E-state index in [1.165, 1.54) is 0 Å². The average Bonchev–Trinajstić information content (AvgIpc) is 2.76. The molecule has 0 bridgehead atoms. The molecule has 1 heterocycles. The molecule has 2 amide bonds. The van der Waals surface area contributed by atoms with Crippen molar-refractivity contribution in [3.05, 3.63) is 0 Å². The van der Waals surface area contributed by atoms with E-state index in [2.05, 4.69) is 34.6 Å². The van der Waals surface area contributed by atoms with Crippen molar-refractivity contribution < 1.29 is 19.2 Å². The van der Waals surface area contributed by atoms with Gasteiger partial charge in [0.25, 0.3) is 11.8 Å². The van der Waals surface area contributed by atoms with Gasteiger partial charge in [0.05, 0.1) is 5.41 Å². The Morgan fingerprint density at radius 3 is 1.92 bits per heavy atom. The lowest BCUT2D eigenvalue weighted by molar-refractivity contribution is -0.204. The van der Waals surface area contributed by atoms with Crippen molar-refractivity contribution in [1.82, 2.24) is 5.06 Å². The summed E-state index contributed by atoms with van der Waals surface area (Å²) >= 11 is 0. The monoisotopic (exact) mass is 375 g/mol. The van der Waals surface area contributed by atoms with Crippen LogP contribution in [0.2, 0.25) is 0 Å². The van der Waals surface area contributed by atoms with E-state index in [0.717, 1.165) is 6.42 Å². The van der Waals surface area contributed by atoms with Crippen molar-refractivity contribution in [2.24, 2.45) is 5.41 Å². The summed E-state index contributed by atoms with van der Waals surface area (Å²) in [5.41, 5.74) is -0.795. The van der Waals surface area contributed by atoms with E-state index in [9.17, 15) is 14.4 Å². The van der Waals surface area contributed by atoms with Gasteiger partial charge in [0, 0.05) is 22.3 Å². The van der Waals surface area contributed by atoms with Gasteiger partial charge in [-0.15, -0.1) is 5.06 Å². The second kappa shape index (κ2) is 7.68. The second-order valence-electron chi connectivity index (χ2n) is 8.06. The molecule has 0 aliphatic carbocycles. The highest BCUT2D eigenvalue weighted by Crippen LogP contribution is 2.49. The Hall–Kier alpha value is -0.690. The van der Waals surface area contributed by atoms with Gasteiger partial charge in [0.15, 0.2) is 0 Å². The van der Waals surface area contributed by atoms with E-state index in [-0.39, 0.29) is 22.3 Å². The lowest BCUT2D eigenvalue weighted by Gasteiger charge is -2.34. The lowest BCUT2D eigenvalue weighted by Crippen LogP contribution is -2.40. The molecule has 0 aromatic heterocycles. The van der Waals surface area contributed by atoms with Gasteiger partial charge in [-0.1, -0.05) is 28.5 Å². The van der Waals surface area contributed by atoms with Crippen LogP contribution in [0.15, 0.2) is 0 Å². The standard InChI is InChI=1S/C17H29NO4S2/c1-8-16(4,5)23-24-17(6,7)11-15(2,3)14(21)22-18-12(19)9-10-13(18)20/h8-11H2,1-7H3. The fraction of sp³-hybridized carbons (Fsp3) is 0.824. The highest BCUT2D eigenvalue weighted by Gasteiger charge is 2.41. The number of rotatable bonds is 8. The smallest absolute Gasteiger partial charge is 0.330 e. The van der Waals surface area contributed by atoms with E-state index in [1.807, 2.05) is 10.8 Å². The molecule has 1 saturated heterocycles. The first-order valence-electron chi connectivity index (χ1n) is 8.25. The van der Waals surface area contributed by atoms with Crippen molar-refractivity contribution in [2.75, 3.05) is 0 Å². The maximum atomic E-state index is 12.5. The molecule has 5 nitrogen and oxygen atoms in total. The highest BCUT2D eigenvalue weighted by atomic mass is 33.1. The molecule has 1 fully saturated rings. The van der Waals surface area contributed by atoms with Crippen LogP contribution in [0.4, 0.5) is 0 Å². The molecule has 0 unspecified atom stereocenters. The summed E-state index contributed by atoms with van der Waals surface area (Å²) in [6.07, 6.45) is 1.85. The zero-order valence-corrected chi connectivity index (χ0v) is 17.4. The number of amides is 2. The molecule has 0 radical (unpaired) electrons. The van der Waals surface area contributed by atoms with Crippen LogP contribution in [0.25, 0.3) is 0 Å². The van der Waals surface area contributed by atoms with Crippen LogP contribution in [0.5, 0.6) is 0 Å². The average molecular weight is 376 g/mol. The second-order valence-corrected chi connectivity index (χ2v) is 11.6. The highest BCUT2D eigenvalue weighted by molar-refractivity contribution is 8.77. The van der Waals surface area contributed by atoms with E-state index in [0.29, 0.717) is 11.5 Å². The molecule has 24 heavy (non-hydrogen) atoms. The normalized spacial score (nSPS) is 16.7. The van der Waals surface area contributed by atoms with Gasteiger partial charge in [-0.3, -0.25) is 9.59 Å². The minimum atomic E-state index is -0.795. The van der Waals surface area contributed by atoms with E-state index >= 15 is 0 Å². The van der Waals surface area contributed by atoms with Crippen molar-refractivity contribution in [1.29, 1.82) is 0 Å². The van der Waals surface area contributed by atoms with Crippen LogP contribution in [-0.4, -0.2) is 32.3 Å². The van der Waals surface area contributed by atoms with Gasteiger partial charge >= 0.3 is 5.97 Å². The quantitative estimate of drug-likeness (QED) is 0.464. The summed E-state index contributed by atoms with van der Waals surface area (Å²) in [5, 5.41) is 0.624. The summed E-state index contributed by atoms with van der Waals surface area (Å²) in [7, 11) is 3.58. The fourth-order valence-corrected chi connectivity index (χ4v) is 5.19. The predicted molar refractivity (Wildman–Crippen MR) is 99.2 cm³/mol. The number of hydroxylamine groups is 2. The zero-order valence-electron chi connectivity index (χ0n) is 15.7. The Morgan fingerprint density at radius 2 is 1.46 bits per heavy atom. The lowest BCUT2D eigenvalue weighted by atomic mass is 9.84. The van der Waals surface area contributed by atoms with Gasteiger partial charge < -0.3 is 4.84 Å². The van der Waals surface area contributed by atoms with Gasteiger partial charge in [0.1, 0.15) is 0 Å². The minimum absolute atomic E-state index is 0.108. The molecular weight excluding hydrogens is 346 g/mol. The number of imide groups is 1. The molecule has 1 aliphatic rings. The maximum absolute atomic E-state index is 12.5. The van der Waals surface area contributed by atoms with Crippen LogP contribution in [0.3, 0.4) is 0 Å². The molecule has 1 rings (SSSR count). The Bertz CT molecular complexity index is 499. The molecule has 7 heteroatoms. The summed E-state index contributed by atoms with van der Waals surface area (Å²) in [5.74, 6) is -1.43.